The smallest absolute Gasteiger partial charge is 0.208 e. The summed E-state index contributed by atoms with van der Waals surface area (Å²) in [7, 11) is 2.02. The van der Waals surface area contributed by atoms with Crippen molar-refractivity contribution in [2.24, 2.45) is 0 Å². The summed E-state index contributed by atoms with van der Waals surface area (Å²) in [5.74, 6) is -0.215. The third kappa shape index (κ3) is 3.77. The quantitative estimate of drug-likeness (QED) is 0.851. The number of benzene rings is 1. The van der Waals surface area contributed by atoms with Crippen molar-refractivity contribution in [1.82, 2.24) is 10.2 Å². The SMILES string of the molecule is CN(CC1CCCO1)c1nnc(Cc2ccc(F)cc2)s1. The molecule has 112 valence electrons. The molecule has 2 aromatic rings. The van der Waals surface area contributed by atoms with Crippen LogP contribution in [0.5, 0.6) is 0 Å². The van der Waals surface area contributed by atoms with E-state index in [-0.39, 0.29) is 5.82 Å². The largest absolute Gasteiger partial charge is 0.376 e. The molecule has 4 nitrogen and oxygen atoms in total. The van der Waals surface area contributed by atoms with Gasteiger partial charge in [0.2, 0.25) is 5.13 Å². The maximum atomic E-state index is 12.9. The zero-order valence-electron chi connectivity index (χ0n) is 12.0. The molecular weight excluding hydrogens is 289 g/mol. The van der Waals surface area contributed by atoms with Gasteiger partial charge < -0.3 is 9.64 Å². The lowest BCUT2D eigenvalue weighted by Gasteiger charge is -2.18. The number of nitrogens with zero attached hydrogens (tertiary/aromatic N) is 3. The average molecular weight is 307 g/mol. The lowest BCUT2D eigenvalue weighted by Crippen LogP contribution is -2.28. The molecule has 0 bridgehead atoms. The van der Waals surface area contributed by atoms with E-state index in [2.05, 4.69) is 15.1 Å². The second kappa shape index (κ2) is 6.49. The number of hydrogen-bond donors (Lipinski definition) is 0. The minimum absolute atomic E-state index is 0.215. The van der Waals surface area contributed by atoms with E-state index in [1.54, 1.807) is 23.5 Å². The highest BCUT2D eigenvalue weighted by atomic mass is 32.1. The summed E-state index contributed by atoms with van der Waals surface area (Å²) in [6.45, 7) is 1.72. The summed E-state index contributed by atoms with van der Waals surface area (Å²) in [6, 6.07) is 6.51. The molecule has 0 radical (unpaired) electrons. The fraction of sp³-hybridized carbons (Fsp3) is 0.467. The Bertz CT molecular complexity index is 581. The average Bonchev–Trinajstić information content (AvgIpc) is 3.13. The van der Waals surface area contributed by atoms with Crippen LogP contribution in [-0.4, -0.2) is 36.5 Å². The molecule has 0 N–H and O–H groups in total. The zero-order chi connectivity index (χ0) is 14.7. The van der Waals surface area contributed by atoms with Crippen LogP contribution in [0.25, 0.3) is 0 Å². The first kappa shape index (κ1) is 14.4. The first-order valence-electron chi connectivity index (χ1n) is 7.10. The third-order valence-corrected chi connectivity index (χ3v) is 4.59. The lowest BCUT2D eigenvalue weighted by atomic mass is 10.2. The molecule has 21 heavy (non-hydrogen) atoms. The molecule has 1 aromatic heterocycles. The summed E-state index contributed by atoms with van der Waals surface area (Å²) >= 11 is 1.58. The molecule has 1 aliphatic heterocycles. The van der Waals surface area contributed by atoms with Gasteiger partial charge in [-0.05, 0) is 30.5 Å². The highest BCUT2D eigenvalue weighted by Crippen LogP contribution is 2.23. The van der Waals surface area contributed by atoms with Gasteiger partial charge in [0.05, 0.1) is 6.10 Å². The first-order chi connectivity index (χ1) is 10.2. The van der Waals surface area contributed by atoms with Gasteiger partial charge in [0, 0.05) is 26.6 Å². The van der Waals surface area contributed by atoms with E-state index in [0.717, 1.165) is 41.7 Å². The van der Waals surface area contributed by atoms with E-state index >= 15 is 0 Å². The number of likely N-dealkylation sites (N-methyl/N-ethyl adjacent to an activating group) is 1. The monoisotopic (exact) mass is 307 g/mol. The van der Waals surface area contributed by atoms with Crippen molar-refractivity contribution in [1.29, 1.82) is 0 Å². The van der Waals surface area contributed by atoms with Crippen LogP contribution in [0.2, 0.25) is 0 Å². The molecule has 0 spiro atoms. The van der Waals surface area contributed by atoms with Gasteiger partial charge in [-0.1, -0.05) is 23.5 Å². The molecule has 0 aliphatic carbocycles. The van der Waals surface area contributed by atoms with Crippen LogP contribution in [0.15, 0.2) is 24.3 Å². The van der Waals surface area contributed by atoms with Gasteiger partial charge in [0.25, 0.3) is 0 Å². The molecule has 0 saturated carbocycles. The van der Waals surface area contributed by atoms with Crippen LogP contribution in [0.1, 0.15) is 23.4 Å². The molecular formula is C15H18FN3OS. The van der Waals surface area contributed by atoms with Crippen molar-refractivity contribution in [2.75, 3.05) is 25.1 Å². The van der Waals surface area contributed by atoms with E-state index in [1.165, 1.54) is 12.1 Å². The molecule has 1 fully saturated rings. The van der Waals surface area contributed by atoms with Gasteiger partial charge in [0.1, 0.15) is 10.8 Å². The Balaban J connectivity index is 1.61. The van der Waals surface area contributed by atoms with Crippen molar-refractivity contribution < 1.29 is 9.13 Å². The number of hydrogen-bond acceptors (Lipinski definition) is 5. The van der Waals surface area contributed by atoms with Crippen LogP contribution in [0.3, 0.4) is 0 Å². The van der Waals surface area contributed by atoms with E-state index in [4.69, 9.17) is 4.74 Å². The number of rotatable bonds is 5. The first-order valence-corrected chi connectivity index (χ1v) is 7.92. The Morgan fingerprint density at radius 3 is 2.86 bits per heavy atom. The number of halogens is 1. The molecule has 6 heteroatoms. The molecule has 1 aliphatic rings. The van der Waals surface area contributed by atoms with Crippen LogP contribution >= 0.6 is 11.3 Å². The fourth-order valence-corrected chi connectivity index (χ4v) is 3.26. The van der Waals surface area contributed by atoms with E-state index in [1.807, 2.05) is 7.05 Å². The van der Waals surface area contributed by atoms with Gasteiger partial charge >= 0.3 is 0 Å². The predicted molar refractivity (Wildman–Crippen MR) is 81.4 cm³/mol. The Morgan fingerprint density at radius 1 is 1.33 bits per heavy atom. The molecule has 3 rings (SSSR count). The second-order valence-corrected chi connectivity index (χ2v) is 6.34. The standard InChI is InChI=1S/C15H18FN3OS/c1-19(10-13-3-2-8-20-13)15-18-17-14(21-15)9-11-4-6-12(16)7-5-11/h4-7,13H,2-3,8-10H2,1H3. The van der Waals surface area contributed by atoms with Gasteiger partial charge in [-0.3, -0.25) is 0 Å². The molecule has 1 unspecified atom stereocenters. The number of ether oxygens (including phenoxy) is 1. The molecule has 1 aromatic carbocycles. The molecule has 0 amide bonds. The summed E-state index contributed by atoms with van der Waals surface area (Å²) < 4.78 is 18.5. The predicted octanol–water partition coefficient (Wildman–Crippen LogP) is 2.88. The third-order valence-electron chi connectivity index (χ3n) is 3.55. The summed E-state index contributed by atoms with van der Waals surface area (Å²) in [4.78, 5) is 2.10. The van der Waals surface area contributed by atoms with Crippen LogP contribution < -0.4 is 4.90 Å². The van der Waals surface area contributed by atoms with Crippen LogP contribution in [-0.2, 0) is 11.2 Å². The topological polar surface area (TPSA) is 38.2 Å². The number of aromatic nitrogens is 2. The maximum absolute atomic E-state index is 12.9. The molecule has 2 heterocycles. The van der Waals surface area contributed by atoms with Crippen LogP contribution in [0.4, 0.5) is 9.52 Å². The van der Waals surface area contributed by atoms with Crippen molar-refractivity contribution in [3.8, 4) is 0 Å². The number of anilines is 1. The van der Waals surface area contributed by atoms with Crippen molar-refractivity contribution in [2.45, 2.75) is 25.4 Å². The van der Waals surface area contributed by atoms with Gasteiger partial charge in [-0.25, -0.2) is 4.39 Å². The van der Waals surface area contributed by atoms with Crippen molar-refractivity contribution in [3.63, 3.8) is 0 Å². The molecule has 1 saturated heterocycles. The summed E-state index contributed by atoms with van der Waals surface area (Å²) in [5.41, 5.74) is 1.04. The minimum Gasteiger partial charge on any atom is -0.376 e. The fourth-order valence-electron chi connectivity index (χ4n) is 2.42. The highest BCUT2D eigenvalue weighted by molar-refractivity contribution is 7.15. The van der Waals surface area contributed by atoms with Gasteiger partial charge in [-0.15, -0.1) is 10.2 Å². The Morgan fingerprint density at radius 2 is 2.14 bits per heavy atom. The van der Waals surface area contributed by atoms with Crippen molar-refractivity contribution >= 4 is 16.5 Å². The summed E-state index contributed by atoms with van der Waals surface area (Å²) in [6.07, 6.45) is 3.25. The van der Waals surface area contributed by atoms with Gasteiger partial charge in [-0.2, -0.15) is 0 Å². The van der Waals surface area contributed by atoms with Gasteiger partial charge in [0.15, 0.2) is 0 Å². The van der Waals surface area contributed by atoms with Crippen molar-refractivity contribution in [3.05, 3.63) is 40.7 Å². The Hall–Kier alpha value is -1.53. The minimum atomic E-state index is -0.215. The van der Waals surface area contributed by atoms with E-state index in [0.29, 0.717) is 12.5 Å². The van der Waals surface area contributed by atoms with E-state index in [9.17, 15) is 4.39 Å². The Labute approximate surface area is 127 Å². The normalized spacial score (nSPS) is 18.1. The highest BCUT2D eigenvalue weighted by Gasteiger charge is 2.19. The zero-order valence-corrected chi connectivity index (χ0v) is 12.8. The molecule has 1 atom stereocenters. The second-order valence-electron chi connectivity index (χ2n) is 5.30. The van der Waals surface area contributed by atoms with Crippen LogP contribution in [0, 0.1) is 5.82 Å². The summed E-state index contributed by atoms with van der Waals surface area (Å²) in [5, 5.41) is 10.3. The lowest BCUT2D eigenvalue weighted by molar-refractivity contribution is 0.116. The maximum Gasteiger partial charge on any atom is 0.208 e. The van der Waals surface area contributed by atoms with E-state index < -0.39 is 0 Å². The Kier molecular flexibility index (Phi) is 4.45.